The number of hydrogen-bond acceptors (Lipinski definition) is 3. The first-order chi connectivity index (χ1) is 7.09. The van der Waals surface area contributed by atoms with E-state index in [1.165, 1.54) is 0 Å². The molecule has 0 aliphatic rings. The second kappa shape index (κ2) is 3.84. The van der Waals surface area contributed by atoms with Gasteiger partial charge in [0.2, 0.25) is 0 Å². The average Bonchev–Trinajstić information content (AvgIpc) is 2.69. The Kier molecular flexibility index (Phi) is 2.68. The normalized spacial score (nSPS) is 10.9. The highest BCUT2D eigenvalue weighted by atomic mass is 127. The second-order valence-electron chi connectivity index (χ2n) is 3.44. The molecule has 15 heavy (non-hydrogen) atoms. The Morgan fingerprint density at radius 3 is 2.73 bits per heavy atom. The van der Waals surface area contributed by atoms with Crippen LogP contribution in [-0.2, 0) is 13.6 Å². The summed E-state index contributed by atoms with van der Waals surface area (Å²) in [6.45, 7) is 2.62. The number of aromatic nitrogens is 4. The van der Waals surface area contributed by atoms with E-state index in [9.17, 15) is 0 Å². The van der Waals surface area contributed by atoms with Crippen molar-refractivity contribution in [1.29, 1.82) is 0 Å². The molecule has 5 nitrogen and oxygen atoms in total. The number of nitrogens with zero attached hydrogens (tertiary/aromatic N) is 4. The van der Waals surface area contributed by atoms with Gasteiger partial charge in [0, 0.05) is 7.05 Å². The van der Waals surface area contributed by atoms with Gasteiger partial charge >= 0.3 is 0 Å². The Morgan fingerprint density at radius 1 is 1.53 bits per heavy atom. The van der Waals surface area contributed by atoms with Crippen LogP contribution in [0.15, 0.2) is 12.5 Å². The van der Waals surface area contributed by atoms with Crippen LogP contribution < -0.4 is 5.73 Å². The third-order valence-electron chi connectivity index (χ3n) is 2.32. The Hall–Kier alpha value is -1.05. The topological polar surface area (TPSA) is 61.7 Å². The van der Waals surface area contributed by atoms with E-state index < -0.39 is 0 Å². The first kappa shape index (κ1) is 10.5. The van der Waals surface area contributed by atoms with Gasteiger partial charge in [0.1, 0.15) is 5.82 Å². The van der Waals surface area contributed by atoms with Gasteiger partial charge in [0.25, 0.3) is 0 Å². The van der Waals surface area contributed by atoms with Crippen LogP contribution in [0.4, 0.5) is 5.82 Å². The van der Waals surface area contributed by atoms with Crippen molar-refractivity contribution in [3.8, 4) is 0 Å². The SMILES string of the molecule is Cc1nn(Cc2cncn2C)c(N)c1I. The maximum Gasteiger partial charge on any atom is 0.135 e. The van der Waals surface area contributed by atoms with Crippen molar-refractivity contribution in [2.45, 2.75) is 13.5 Å². The molecule has 2 aromatic heterocycles. The van der Waals surface area contributed by atoms with Crippen LogP contribution in [0.25, 0.3) is 0 Å². The Balaban J connectivity index is 2.33. The van der Waals surface area contributed by atoms with E-state index in [1.807, 2.05) is 24.7 Å². The number of hydrogen-bond donors (Lipinski definition) is 1. The van der Waals surface area contributed by atoms with Gasteiger partial charge in [-0.25, -0.2) is 9.67 Å². The van der Waals surface area contributed by atoms with E-state index >= 15 is 0 Å². The van der Waals surface area contributed by atoms with Crippen LogP contribution in [0, 0.1) is 10.5 Å². The van der Waals surface area contributed by atoms with E-state index in [2.05, 4.69) is 32.7 Å². The van der Waals surface area contributed by atoms with Crippen LogP contribution in [0.3, 0.4) is 0 Å². The molecule has 2 N–H and O–H groups in total. The van der Waals surface area contributed by atoms with Crippen molar-refractivity contribution in [2.75, 3.05) is 5.73 Å². The number of imidazole rings is 1. The third-order valence-corrected chi connectivity index (χ3v) is 3.65. The summed E-state index contributed by atoms with van der Waals surface area (Å²) in [6, 6.07) is 0. The summed E-state index contributed by atoms with van der Waals surface area (Å²) in [6.07, 6.45) is 3.59. The van der Waals surface area contributed by atoms with E-state index in [0.717, 1.165) is 15.0 Å². The van der Waals surface area contributed by atoms with Gasteiger partial charge in [-0.3, -0.25) is 0 Å². The van der Waals surface area contributed by atoms with Crippen LogP contribution in [-0.4, -0.2) is 19.3 Å². The van der Waals surface area contributed by atoms with E-state index in [0.29, 0.717) is 12.4 Å². The van der Waals surface area contributed by atoms with E-state index in [-0.39, 0.29) is 0 Å². The molecular weight excluding hydrogens is 305 g/mol. The van der Waals surface area contributed by atoms with Crippen molar-refractivity contribution < 1.29 is 0 Å². The lowest BCUT2D eigenvalue weighted by molar-refractivity contribution is 0.651. The number of nitrogen functional groups attached to an aromatic ring is 1. The van der Waals surface area contributed by atoms with Crippen molar-refractivity contribution in [1.82, 2.24) is 19.3 Å². The van der Waals surface area contributed by atoms with Crippen LogP contribution in [0.2, 0.25) is 0 Å². The lowest BCUT2D eigenvalue weighted by Gasteiger charge is -2.04. The molecule has 0 fully saturated rings. The Bertz CT molecular complexity index is 485. The number of halogens is 1. The van der Waals surface area contributed by atoms with Crippen molar-refractivity contribution in [3.05, 3.63) is 27.5 Å². The highest BCUT2D eigenvalue weighted by Gasteiger charge is 2.10. The molecule has 2 aromatic rings. The Morgan fingerprint density at radius 2 is 2.27 bits per heavy atom. The number of nitrogens with two attached hydrogens (primary N) is 1. The summed E-state index contributed by atoms with van der Waals surface area (Å²) in [5.41, 5.74) is 7.99. The molecule has 0 aromatic carbocycles. The van der Waals surface area contributed by atoms with Gasteiger partial charge in [-0.15, -0.1) is 0 Å². The summed E-state index contributed by atoms with van der Waals surface area (Å²) in [7, 11) is 1.96. The molecular formula is C9H12IN5. The second-order valence-corrected chi connectivity index (χ2v) is 4.52. The molecule has 0 atom stereocenters. The predicted molar refractivity (Wildman–Crippen MR) is 66.4 cm³/mol. The van der Waals surface area contributed by atoms with Gasteiger partial charge in [-0.2, -0.15) is 5.10 Å². The summed E-state index contributed by atoms with van der Waals surface area (Å²) in [5, 5.41) is 4.37. The van der Waals surface area contributed by atoms with E-state index in [4.69, 9.17) is 5.73 Å². The molecule has 0 saturated heterocycles. The van der Waals surface area contributed by atoms with Crippen molar-refractivity contribution in [2.24, 2.45) is 7.05 Å². The summed E-state index contributed by atoms with van der Waals surface area (Å²) >= 11 is 2.21. The summed E-state index contributed by atoms with van der Waals surface area (Å²) < 4.78 is 4.78. The lowest BCUT2D eigenvalue weighted by Crippen LogP contribution is -2.09. The minimum atomic E-state index is 0.659. The molecule has 0 bridgehead atoms. The number of aryl methyl sites for hydroxylation is 2. The zero-order valence-corrected chi connectivity index (χ0v) is 10.8. The molecule has 0 saturated carbocycles. The molecule has 80 valence electrons. The van der Waals surface area contributed by atoms with Crippen LogP contribution in [0.5, 0.6) is 0 Å². The smallest absolute Gasteiger partial charge is 0.135 e. The van der Waals surface area contributed by atoms with Gasteiger partial charge < -0.3 is 10.3 Å². The Labute approximate surface area is 101 Å². The van der Waals surface area contributed by atoms with Crippen molar-refractivity contribution in [3.63, 3.8) is 0 Å². The zero-order valence-electron chi connectivity index (χ0n) is 8.61. The average molecular weight is 317 g/mol. The highest BCUT2D eigenvalue weighted by Crippen LogP contribution is 2.19. The number of anilines is 1. The molecule has 0 unspecified atom stereocenters. The molecule has 2 rings (SSSR count). The first-order valence-electron chi connectivity index (χ1n) is 4.53. The molecule has 0 aliphatic heterocycles. The lowest BCUT2D eigenvalue weighted by atomic mass is 10.4. The maximum absolute atomic E-state index is 5.93. The number of rotatable bonds is 2. The fraction of sp³-hybridized carbons (Fsp3) is 0.333. The standard InChI is InChI=1S/C9H12IN5/c1-6-8(10)9(11)15(13-6)4-7-3-12-5-14(7)2/h3,5H,4,11H2,1-2H3. The maximum atomic E-state index is 5.93. The molecule has 0 aliphatic carbocycles. The summed E-state index contributed by atoms with van der Waals surface area (Å²) in [4.78, 5) is 4.06. The highest BCUT2D eigenvalue weighted by molar-refractivity contribution is 14.1. The fourth-order valence-electron chi connectivity index (χ4n) is 1.39. The minimum absolute atomic E-state index is 0.659. The van der Waals surface area contributed by atoms with Gasteiger partial charge in [0.05, 0.1) is 34.0 Å². The quantitative estimate of drug-likeness (QED) is 0.846. The molecule has 6 heteroatoms. The molecule has 0 amide bonds. The van der Waals surface area contributed by atoms with Gasteiger partial charge in [-0.05, 0) is 29.5 Å². The first-order valence-corrected chi connectivity index (χ1v) is 5.61. The molecule has 2 heterocycles. The fourth-order valence-corrected chi connectivity index (χ4v) is 1.77. The van der Waals surface area contributed by atoms with Crippen LogP contribution in [0.1, 0.15) is 11.4 Å². The van der Waals surface area contributed by atoms with Crippen LogP contribution >= 0.6 is 22.6 Å². The molecule has 0 radical (unpaired) electrons. The summed E-state index contributed by atoms with van der Waals surface area (Å²) in [5.74, 6) is 0.717. The largest absolute Gasteiger partial charge is 0.383 e. The minimum Gasteiger partial charge on any atom is -0.383 e. The predicted octanol–water partition coefficient (Wildman–Crippen LogP) is 1.16. The van der Waals surface area contributed by atoms with Gasteiger partial charge in [0.15, 0.2) is 0 Å². The van der Waals surface area contributed by atoms with E-state index in [1.54, 1.807) is 11.0 Å². The van der Waals surface area contributed by atoms with Crippen molar-refractivity contribution >= 4 is 28.4 Å². The third kappa shape index (κ3) is 1.85. The zero-order chi connectivity index (χ0) is 11.0. The van der Waals surface area contributed by atoms with Gasteiger partial charge in [-0.1, -0.05) is 0 Å². The molecule has 0 spiro atoms. The monoisotopic (exact) mass is 317 g/mol.